The number of alkyl carbamates (subject to hydrolysis) is 1. The quantitative estimate of drug-likeness (QED) is 0.787. The molecule has 0 aliphatic carbocycles. The molecule has 112 valence electrons. The largest absolute Gasteiger partial charge is 0.508 e. The molecule has 1 aromatic carbocycles. The Hall–Kier alpha value is -1.75. The Morgan fingerprint density at radius 3 is 2.75 bits per heavy atom. The molecular formula is C15H23NO4. The van der Waals surface area contributed by atoms with Crippen LogP contribution in [0, 0.1) is 0 Å². The van der Waals surface area contributed by atoms with Gasteiger partial charge in [-0.05, 0) is 44.9 Å². The van der Waals surface area contributed by atoms with E-state index in [1.165, 1.54) is 0 Å². The van der Waals surface area contributed by atoms with Crippen molar-refractivity contribution in [1.29, 1.82) is 0 Å². The zero-order valence-electron chi connectivity index (χ0n) is 12.3. The molecule has 0 aliphatic heterocycles. The van der Waals surface area contributed by atoms with Crippen molar-refractivity contribution >= 4 is 6.09 Å². The molecule has 0 aliphatic rings. The van der Waals surface area contributed by atoms with Gasteiger partial charge in [0.2, 0.25) is 0 Å². The lowest BCUT2D eigenvalue weighted by atomic mass is 10.2. The van der Waals surface area contributed by atoms with Gasteiger partial charge in [0.15, 0.2) is 0 Å². The van der Waals surface area contributed by atoms with Crippen LogP contribution in [0.25, 0.3) is 0 Å². The maximum atomic E-state index is 11.3. The number of carbonyl (C=O) groups excluding carboxylic acids is 1. The Balaban J connectivity index is 2.07. The first-order valence-electron chi connectivity index (χ1n) is 6.69. The van der Waals surface area contributed by atoms with Crippen molar-refractivity contribution in [1.82, 2.24) is 5.32 Å². The van der Waals surface area contributed by atoms with Crippen LogP contribution in [0.2, 0.25) is 0 Å². The summed E-state index contributed by atoms with van der Waals surface area (Å²) >= 11 is 0. The Morgan fingerprint density at radius 2 is 2.10 bits per heavy atom. The van der Waals surface area contributed by atoms with E-state index >= 15 is 0 Å². The summed E-state index contributed by atoms with van der Waals surface area (Å²) in [6.45, 7) is 6.96. The molecule has 0 heterocycles. The summed E-state index contributed by atoms with van der Waals surface area (Å²) in [5.41, 5.74) is 0.445. The summed E-state index contributed by atoms with van der Waals surface area (Å²) in [5.74, 6) is 0.234. The predicted octanol–water partition coefficient (Wildman–Crippen LogP) is 2.82. The van der Waals surface area contributed by atoms with Gasteiger partial charge >= 0.3 is 6.09 Å². The minimum atomic E-state index is -0.476. The second-order valence-corrected chi connectivity index (χ2v) is 5.50. The summed E-state index contributed by atoms with van der Waals surface area (Å²) < 4.78 is 10.6. The molecule has 2 N–H and O–H groups in total. The molecule has 0 spiro atoms. The van der Waals surface area contributed by atoms with Crippen LogP contribution in [-0.2, 0) is 16.1 Å². The first-order chi connectivity index (χ1) is 9.37. The van der Waals surface area contributed by atoms with Crippen LogP contribution < -0.4 is 5.32 Å². The van der Waals surface area contributed by atoms with Gasteiger partial charge in [-0.15, -0.1) is 0 Å². The van der Waals surface area contributed by atoms with Crippen molar-refractivity contribution in [3.05, 3.63) is 29.8 Å². The molecule has 20 heavy (non-hydrogen) atoms. The van der Waals surface area contributed by atoms with E-state index in [-0.39, 0.29) is 5.75 Å². The average Bonchev–Trinajstić information content (AvgIpc) is 2.31. The van der Waals surface area contributed by atoms with E-state index in [1.807, 2.05) is 26.8 Å². The van der Waals surface area contributed by atoms with Crippen molar-refractivity contribution in [2.45, 2.75) is 39.4 Å². The van der Waals surface area contributed by atoms with Gasteiger partial charge in [-0.2, -0.15) is 0 Å². The predicted molar refractivity (Wildman–Crippen MR) is 76.6 cm³/mol. The van der Waals surface area contributed by atoms with E-state index in [1.54, 1.807) is 18.2 Å². The topological polar surface area (TPSA) is 67.8 Å². The monoisotopic (exact) mass is 281 g/mol. The highest BCUT2D eigenvalue weighted by molar-refractivity contribution is 5.67. The van der Waals surface area contributed by atoms with Gasteiger partial charge in [0.05, 0.1) is 6.61 Å². The third-order valence-corrected chi connectivity index (χ3v) is 2.31. The molecule has 5 heteroatoms. The van der Waals surface area contributed by atoms with Gasteiger partial charge in [0, 0.05) is 13.2 Å². The van der Waals surface area contributed by atoms with Crippen LogP contribution in [0.5, 0.6) is 5.75 Å². The maximum Gasteiger partial charge on any atom is 0.407 e. The van der Waals surface area contributed by atoms with E-state index in [0.717, 1.165) is 5.56 Å². The smallest absolute Gasteiger partial charge is 0.407 e. The van der Waals surface area contributed by atoms with E-state index in [2.05, 4.69) is 5.32 Å². The van der Waals surface area contributed by atoms with E-state index in [9.17, 15) is 9.90 Å². The molecule has 1 amide bonds. The summed E-state index contributed by atoms with van der Waals surface area (Å²) in [4.78, 5) is 11.3. The van der Waals surface area contributed by atoms with Crippen molar-refractivity contribution in [3.63, 3.8) is 0 Å². The zero-order chi connectivity index (χ0) is 15.0. The van der Waals surface area contributed by atoms with E-state index in [0.29, 0.717) is 26.2 Å². The molecule has 0 atom stereocenters. The Kier molecular flexibility index (Phi) is 6.31. The number of nitrogens with one attached hydrogen (secondary N) is 1. The van der Waals surface area contributed by atoms with Crippen molar-refractivity contribution in [3.8, 4) is 5.75 Å². The normalized spacial score (nSPS) is 11.2. The zero-order valence-corrected chi connectivity index (χ0v) is 12.3. The molecule has 0 saturated heterocycles. The van der Waals surface area contributed by atoms with Gasteiger partial charge in [-0.25, -0.2) is 4.79 Å². The van der Waals surface area contributed by atoms with Crippen LogP contribution in [0.1, 0.15) is 32.8 Å². The molecule has 0 radical (unpaired) electrons. The van der Waals surface area contributed by atoms with Gasteiger partial charge < -0.3 is 19.9 Å². The fourth-order valence-electron chi connectivity index (χ4n) is 1.52. The lowest BCUT2D eigenvalue weighted by molar-refractivity contribution is 0.0518. The summed E-state index contributed by atoms with van der Waals surface area (Å²) in [7, 11) is 0. The number of hydrogen-bond acceptors (Lipinski definition) is 4. The first kappa shape index (κ1) is 16.3. The van der Waals surface area contributed by atoms with Crippen LogP contribution in [0.4, 0.5) is 4.79 Å². The third-order valence-electron chi connectivity index (χ3n) is 2.31. The van der Waals surface area contributed by atoms with Gasteiger partial charge in [0.1, 0.15) is 11.4 Å². The third kappa shape index (κ3) is 7.63. The molecule has 0 saturated carbocycles. The lowest BCUT2D eigenvalue weighted by Crippen LogP contribution is -2.33. The number of amides is 1. The Bertz CT molecular complexity index is 426. The number of phenols is 1. The molecule has 0 aromatic heterocycles. The number of carbonyl (C=O) groups is 1. The summed E-state index contributed by atoms with van der Waals surface area (Å²) in [6.07, 6.45) is 0.295. The molecule has 0 bridgehead atoms. The van der Waals surface area contributed by atoms with Gasteiger partial charge in [0.25, 0.3) is 0 Å². The molecule has 1 rings (SSSR count). The molecule has 1 aromatic rings. The van der Waals surface area contributed by atoms with E-state index in [4.69, 9.17) is 9.47 Å². The SMILES string of the molecule is CC(C)(C)OC(=O)NCCCOCc1cccc(O)c1. The van der Waals surface area contributed by atoms with E-state index < -0.39 is 11.7 Å². The summed E-state index contributed by atoms with van der Waals surface area (Å²) in [5, 5.41) is 12.0. The Morgan fingerprint density at radius 1 is 1.35 bits per heavy atom. The minimum Gasteiger partial charge on any atom is -0.508 e. The van der Waals surface area contributed by atoms with Gasteiger partial charge in [-0.1, -0.05) is 12.1 Å². The number of ether oxygens (including phenoxy) is 2. The number of phenolic OH excluding ortho intramolecular Hbond substituents is 1. The summed E-state index contributed by atoms with van der Waals surface area (Å²) in [6, 6.07) is 6.95. The maximum absolute atomic E-state index is 11.3. The lowest BCUT2D eigenvalue weighted by Gasteiger charge is -2.19. The molecule has 5 nitrogen and oxygen atoms in total. The van der Waals surface area contributed by atoms with Crippen molar-refractivity contribution in [2.24, 2.45) is 0 Å². The first-order valence-corrected chi connectivity index (χ1v) is 6.69. The van der Waals surface area contributed by atoms with Gasteiger partial charge in [-0.3, -0.25) is 0 Å². The second-order valence-electron chi connectivity index (χ2n) is 5.50. The fourth-order valence-corrected chi connectivity index (χ4v) is 1.52. The minimum absolute atomic E-state index is 0.234. The number of hydrogen-bond donors (Lipinski definition) is 2. The van der Waals surface area contributed by atoms with Crippen LogP contribution in [-0.4, -0.2) is 30.0 Å². The molecule has 0 unspecified atom stereocenters. The van der Waals surface area contributed by atoms with Crippen molar-refractivity contribution in [2.75, 3.05) is 13.2 Å². The highest BCUT2D eigenvalue weighted by Crippen LogP contribution is 2.11. The molecule has 0 fully saturated rings. The highest BCUT2D eigenvalue weighted by atomic mass is 16.6. The van der Waals surface area contributed by atoms with Crippen LogP contribution in [0.15, 0.2) is 24.3 Å². The number of aromatic hydroxyl groups is 1. The fraction of sp³-hybridized carbons (Fsp3) is 0.533. The van der Waals surface area contributed by atoms with Crippen molar-refractivity contribution < 1.29 is 19.4 Å². The molecular weight excluding hydrogens is 258 g/mol. The van der Waals surface area contributed by atoms with Crippen LogP contribution in [0.3, 0.4) is 0 Å². The Labute approximate surface area is 119 Å². The van der Waals surface area contributed by atoms with Crippen LogP contribution >= 0.6 is 0 Å². The number of benzene rings is 1. The standard InChI is InChI=1S/C15H23NO4/c1-15(2,3)20-14(18)16-8-5-9-19-11-12-6-4-7-13(17)10-12/h4,6-7,10,17H,5,8-9,11H2,1-3H3,(H,16,18). The average molecular weight is 281 g/mol. The highest BCUT2D eigenvalue weighted by Gasteiger charge is 2.15. The second kappa shape index (κ2) is 7.75. The number of rotatable bonds is 6.